The van der Waals surface area contributed by atoms with E-state index in [-0.39, 0.29) is 12.5 Å². The number of hydrogen-bond acceptors (Lipinski definition) is 5. The number of aryl methyl sites for hydroxylation is 1. The smallest absolute Gasteiger partial charge is 0.243 e. The molecule has 126 valence electrons. The Labute approximate surface area is 150 Å². The summed E-state index contributed by atoms with van der Waals surface area (Å²) in [5.74, 6) is 3.98. The number of nitrogens with zero attached hydrogens (tertiary/aromatic N) is 3. The molecule has 3 aromatic rings. The maximum atomic E-state index is 12.4. The number of benzene rings is 1. The molecule has 0 unspecified atom stereocenters. The first-order valence-electron chi connectivity index (χ1n) is 7.92. The first-order chi connectivity index (χ1) is 12.1. The maximum absolute atomic E-state index is 12.4. The Morgan fingerprint density at radius 3 is 2.96 bits per heavy atom. The molecule has 0 atom stereocenters. The molecule has 0 saturated heterocycles. The Morgan fingerprint density at radius 1 is 1.36 bits per heavy atom. The first-order valence-corrected chi connectivity index (χ1v) is 8.80. The summed E-state index contributed by atoms with van der Waals surface area (Å²) < 4.78 is 0. The molecule has 0 radical (unpaired) electrons. The molecule has 0 bridgehead atoms. The summed E-state index contributed by atoms with van der Waals surface area (Å²) in [7, 11) is 1.86. The van der Waals surface area contributed by atoms with Crippen LogP contribution < -0.4 is 10.2 Å². The van der Waals surface area contributed by atoms with Crippen molar-refractivity contribution in [2.75, 3.05) is 23.8 Å². The summed E-state index contributed by atoms with van der Waals surface area (Å²) in [4.78, 5) is 24.3. The maximum Gasteiger partial charge on any atom is 0.243 e. The molecule has 0 fully saturated rings. The Bertz CT molecular complexity index is 957. The van der Waals surface area contributed by atoms with Crippen molar-refractivity contribution in [2.45, 2.75) is 13.3 Å². The number of carbonyl (C=O) groups excluding carboxylic acids is 1. The predicted octanol–water partition coefficient (Wildman–Crippen LogP) is 3.31. The largest absolute Gasteiger partial charge is 0.350 e. The summed E-state index contributed by atoms with van der Waals surface area (Å²) in [6.07, 6.45) is 6.14. The molecule has 5 nitrogen and oxygen atoms in total. The fraction of sp³-hybridized carbons (Fsp3) is 0.211. The van der Waals surface area contributed by atoms with E-state index < -0.39 is 0 Å². The van der Waals surface area contributed by atoms with Crippen LogP contribution in [0.2, 0.25) is 0 Å². The van der Waals surface area contributed by atoms with Crippen molar-refractivity contribution < 1.29 is 4.79 Å². The highest BCUT2D eigenvalue weighted by molar-refractivity contribution is 7.16. The summed E-state index contributed by atoms with van der Waals surface area (Å²) in [6, 6.07) is 9.22. The number of anilines is 2. The van der Waals surface area contributed by atoms with Crippen LogP contribution in [-0.2, 0) is 11.2 Å². The van der Waals surface area contributed by atoms with Gasteiger partial charge in [0.2, 0.25) is 5.91 Å². The third-order valence-electron chi connectivity index (χ3n) is 3.72. The lowest BCUT2D eigenvalue weighted by atomic mass is 10.2. The second kappa shape index (κ2) is 7.32. The monoisotopic (exact) mass is 350 g/mol. The minimum absolute atomic E-state index is 0.128. The average Bonchev–Trinajstić information content (AvgIpc) is 3.09. The van der Waals surface area contributed by atoms with Gasteiger partial charge >= 0.3 is 0 Å². The first kappa shape index (κ1) is 16.9. The molecule has 0 aliphatic rings. The van der Waals surface area contributed by atoms with Crippen LogP contribution in [0, 0.1) is 12.3 Å². The molecule has 0 aliphatic carbocycles. The molecule has 0 spiro atoms. The van der Waals surface area contributed by atoms with Gasteiger partial charge in [0, 0.05) is 24.7 Å². The zero-order chi connectivity index (χ0) is 17.8. The van der Waals surface area contributed by atoms with Crippen LogP contribution in [0.15, 0.2) is 35.7 Å². The second-order valence-electron chi connectivity index (χ2n) is 5.59. The molecule has 2 aromatic heterocycles. The van der Waals surface area contributed by atoms with Gasteiger partial charge in [-0.1, -0.05) is 18.9 Å². The van der Waals surface area contributed by atoms with E-state index in [2.05, 4.69) is 21.2 Å². The highest BCUT2D eigenvalue weighted by Crippen LogP contribution is 2.27. The number of thiophene rings is 1. The van der Waals surface area contributed by atoms with Crippen LogP contribution in [0.4, 0.5) is 11.5 Å². The van der Waals surface area contributed by atoms with E-state index in [4.69, 9.17) is 6.42 Å². The van der Waals surface area contributed by atoms with Gasteiger partial charge < -0.3 is 10.2 Å². The van der Waals surface area contributed by atoms with Gasteiger partial charge in [-0.05, 0) is 29.6 Å². The molecule has 0 aliphatic heterocycles. The molecule has 2 heterocycles. The number of hydrogen-bond donors (Lipinski definition) is 1. The molecular weight excluding hydrogens is 332 g/mol. The minimum Gasteiger partial charge on any atom is -0.350 e. The van der Waals surface area contributed by atoms with E-state index in [1.807, 2.05) is 48.5 Å². The lowest BCUT2D eigenvalue weighted by Crippen LogP contribution is -2.31. The van der Waals surface area contributed by atoms with Crippen molar-refractivity contribution in [1.82, 2.24) is 9.97 Å². The minimum atomic E-state index is -0.128. The Morgan fingerprint density at radius 2 is 2.20 bits per heavy atom. The molecule has 6 heteroatoms. The number of amides is 1. The van der Waals surface area contributed by atoms with Crippen LogP contribution in [0.1, 0.15) is 18.3 Å². The van der Waals surface area contributed by atoms with Crippen LogP contribution in [-0.4, -0.2) is 29.5 Å². The molecule has 0 saturated carbocycles. The van der Waals surface area contributed by atoms with E-state index in [1.54, 1.807) is 17.4 Å². The summed E-state index contributed by atoms with van der Waals surface area (Å²) in [6.45, 7) is 2.20. The molecule has 3 rings (SSSR count). The fourth-order valence-electron chi connectivity index (χ4n) is 2.51. The van der Waals surface area contributed by atoms with E-state index in [0.717, 1.165) is 33.8 Å². The number of carbonyl (C=O) groups is 1. The summed E-state index contributed by atoms with van der Waals surface area (Å²) in [5, 5.41) is 5.82. The van der Waals surface area contributed by atoms with Gasteiger partial charge in [0.1, 0.15) is 16.5 Å². The standard InChI is InChI=1S/C19H18N4OS/c1-4-13-7-6-8-14(11-13)20-17(24)12-23(3)18-15-9-10-25-19(15)22-16(5-2)21-18/h1,6-11H,5,12H2,2-3H3,(H,20,24). The quantitative estimate of drug-likeness (QED) is 0.717. The van der Waals surface area contributed by atoms with Gasteiger partial charge in [-0.3, -0.25) is 4.79 Å². The van der Waals surface area contributed by atoms with Crippen molar-refractivity contribution in [3.8, 4) is 12.3 Å². The molecular formula is C19H18N4OS. The normalized spacial score (nSPS) is 10.4. The third-order valence-corrected chi connectivity index (χ3v) is 4.53. The van der Waals surface area contributed by atoms with Gasteiger partial charge in [-0.15, -0.1) is 17.8 Å². The average molecular weight is 350 g/mol. The Balaban J connectivity index is 1.77. The number of likely N-dealkylation sites (N-methyl/N-ethyl adjacent to an activating group) is 1. The summed E-state index contributed by atoms with van der Waals surface area (Å²) in [5.41, 5.74) is 1.42. The van der Waals surface area contributed by atoms with Crippen molar-refractivity contribution >= 4 is 39.0 Å². The van der Waals surface area contributed by atoms with Crippen LogP contribution >= 0.6 is 11.3 Å². The van der Waals surface area contributed by atoms with Gasteiger partial charge in [0.05, 0.1) is 11.9 Å². The van der Waals surface area contributed by atoms with Gasteiger partial charge in [0.15, 0.2) is 0 Å². The molecule has 1 amide bonds. The van der Waals surface area contributed by atoms with E-state index in [1.165, 1.54) is 0 Å². The lowest BCUT2D eigenvalue weighted by molar-refractivity contribution is -0.114. The number of aromatic nitrogens is 2. The third kappa shape index (κ3) is 3.78. The van der Waals surface area contributed by atoms with Crippen molar-refractivity contribution in [3.63, 3.8) is 0 Å². The fourth-order valence-corrected chi connectivity index (χ4v) is 3.29. The Hall–Kier alpha value is -2.91. The van der Waals surface area contributed by atoms with Gasteiger partial charge in [-0.2, -0.15) is 0 Å². The summed E-state index contributed by atoms with van der Waals surface area (Å²) >= 11 is 1.58. The van der Waals surface area contributed by atoms with Crippen LogP contribution in [0.5, 0.6) is 0 Å². The molecule has 25 heavy (non-hydrogen) atoms. The predicted molar refractivity (Wildman–Crippen MR) is 103 cm³/mol. The topological polar surface area (TPSA) is 58.1 Å². The van der Waals surface area contributed by atoms with E-state index in [0.29, 0.717) is 5.69 Å². The zero-order valence-electron chi connectivity index (χ0n) is 14.1. The van der Waals surface area contributed by atoms with Gasteiger partial charge in [0.25, 0.3) is 0 Å². The SMILES string of the molecule is C#Cc1cccc(NC(=O)CN(C)c2nc(CC)nc3sccc23)c1. The van der Waals surface area contributed by atoms with Crippen LogP contribution in [0.3, 0.4) is 0 Å². The number of rotatable bonds is 5. The second-order valence-corrected chi connectivity index (χ2v) is 6.48. The van der Waals surface area contributed by atoms with Crippen molar-refractivity contribution in [3.05, 3.63) is 47.1 Å². The number of fused-ring (bicyclic) bond motifs is 1. The highest BCUT2D eigenvalue weighted by atomic mass is 32.1. The van der Waals surface area contributed by atoms with Gasteiger partial charge in [-0.25, -0.2) is 9.97 Å². The number of nitrogens with one attached hydrogen (secondary N) is 1. The highest BCUT2D eigenvalue weighted by Gasteiger charge is 2.15. The zero-order valence-corrected chi connectivity index (χ0v) is 14.9. The molecule has 1 N–H and O–H groups in total. The number of terminal acetylenes is 1. The van der Waals surface area contributed by atoms with Crippen molar-refractivity contribution in [1.29, 1.82) is 0 Å². The van der Waals surface area contributed by atoms with Crippen molar-refractivity contribution in [2.24, 2.45) is 0 Å². The Kier molecular flexibility index (Phi) is 4.96. The van der Waals surface area contributed by atoms with E-state index in [9.17, 15) is 4.79 Å². The molecule has 1 aromatic carbocycles. The van der Waals surface area contributed by atoms with Crippen LogP contribution in [0.25, 0.3) is 10.2 Å². The van der Waals surface area contributed by atoms with E-state index >= 15 is 0 Å². The lowest BCUT2D eigenvalue weighted by Gasteiger charge is -2.19.